The molecule has 0 bridgehead atoms. The maximum atomic E-state index is 11.4. The third kappa shape index (κ3) is 4.08. The summed E-state index contributed by atoms with van der Waals surface area (Å²) < 4.78 is 10.8. The van der Waals surface area contributed by atoms with E-state index in [1.54, 1.807) is 0 Å². The molecule has 0 aliphatic rings. The van der Waals surface area contributed by atoms with Gasteiger partial charge in [0.05, 0.1) is 5.75 Å². The number of benzene rings is 1. The number of hydrogen-bond donors (Lipinski definition) is 1. The van der Waals surface area contributed by atoms with Crippen LogP contribution in [0.25, 0.3) is 11.5 Å². The van der Waals surface area contributed by atoms with E-state index in [2.05, 4.69) is 28.9 Å². The first kappa shape index (κ1) is 18.1. The Kier molecular flexibility index (Phi) is 5.62. The first-order chi connectivity index (χ1) is 12.6. The molecule has 0 aliphatic heterocycles. The molecule has 7 nitrogen and oxygen atoms in total. The molecular weight excluding hydrogens is 354 g/mol. The van der Waals surface area contributed by atoms with E-state index in [4.69, 9.17) is 8.83 Å². The summed E-state index contributed by atoms with van der Waals surface area (Å²) in [4.78, 5) is 13.6. The lowest BCUT2D eigenvalue weighted by Gasteiger charge is -2.20. The molecule has 2 heterocycles. The van der Waals surface area contributed by atoms with Crippen LogP contribution in [0.15, 0.2) is 55.4 Å². The SMILES string of the molecule is CCN(CC)c1ccc(-c2nnc(SCc3cc(=O)c(O)co3)o2)cc1. The Bertz CT molecular complexity index is 917. The quantitative estimate of drug-likeness (QED) is 0.629. The molecule has 0 unspecified atom stereocenters. The predicted molar refractivity (Wildman–Crippen MR) is 99.5 cm³/mol. The first-order valence-electron chi connectivity index (χ1n) is 8.23. The Labute approximate surface area is 154 Å². The summed E-state index contributed by atoms with van der Waals surface area (Å²) in [6, 6.07) is 9.21. The van der Waals surface area contributed by atoms with E-state index in [0.29, 0.717) is 22.6 Å². The summed E-state index contributed by atoms with van der Waals surface area (Å²) in [7, 11) is 0. The predicted octanol–water partition coefficient (Wildman–Crippen LogP) is 3.53. The van der Waals surface area contributed by atoms with Gasteiger partial charge in [-0.15, -0.1) is 10.2 Å². The van der Waals surface area contributed by atoms with E-state index < -0.39 is 11.2 Å². The first-order valence-corrected chi connectivity index (χ1v) is 9.21. The van der Waals surface area contributed by atoms with Crippen LogP contribution in [-0.2, 0) is 5.75 Å². The summed E-state index contributed by atoms with van der Waals surface area (Å²) in [6.45, 7) is 6.14. The van der Waals surface area contributed by atoms with Gasteiger partial charge in [-0.2, -0.15) is 0 Å². The maximum Gasteiger partial charge on any atom is 0.277 e. The standard InChI is InChI=1S/C18H19N3O4S/c1-3-21(4-2)13-7-5-12(6-8-13)17-19-20-18(25-17)26-11-14-9-15(22)16(23)10-24-14/h5-10,23H,3-4,11H2,1-2H3. The molecule has 0 saturated carbocycles. The molecule has 3 aromatic rings. The van der Waals surface area contributed by atoms with Crippen LogP contribution >= 0.6 is 11.8 Å². The van der Waals surface area contributed by atoms with Crippen molar-refractivity contribution < 1.29 is 13.9 Å². The number of hydrogen-bond acceptors (Lipinski definition) is 8. The number of thioether (sulfide) groups is 1. The largest absolute Gasteiger partial charge is 0.502 e. The molecule has 26 heavy (non-hydrogen) atoms. The van der Waals surface area contributed by atoms with Gasteiger partial charge in [0.25, 0.3) is 5.22 Å². The lowest BCUT2D eigenvalue weighted by molar-refractivity contribution is 0.418. The summed E-state index contributed by atoms with van der Waals surface area (Å²) in [5, 5.41) is 17.6. The van der Waals surface area contributed by atoms with Crippen molar-refractivity contribution in [2.75, 3.05) is 18.0 Å². The molecule has 0 fully saturated rings. The Morgan fingerprint density at radius 2 is 1.88 bits per heavy atom. The van der Waals surface area contributed by atoms with Crippen LogP contribution in [0, 0.1) is 0 Å². The second-order valence-corrected chi connectivity index (χ2v) is 6.40. The molecular formula is C18H19N3O4S. The minimum Gasteiger partial charge on any atom is -0.502 e. The molecule has 0 radical (unpaired) electrons. The minimum absolute atomic E-state index is 0.345. The molecule has 8 heteroatoms. The molecule has 2 aromatic heterocycles. The van der Waals surface area contributed by atoms with Crippen LogP contribution < -0.4 is 10.3 Å². The Morgan fingerprint density at radius 1 is 1.15 bits per heavy atom. The molecule has 3 rings (SSSR count). The van der Waals surface area contributed by atoms with Crippen LogP contribution in [-0.4, -0.2) is 28.4 Å². The number of rotatable bonds is 7. The molecule has 0 aliphatic carbocycles. The second kappa shape index (κ2) is 8.09. The van der Waals surface area contributed by atoms with Crippen LogP contribution in [0.2, 0.25) is 0 Å². The van der Waals surface area contributed by atoms with Crippen molar-refractivity contribution in [3.63, 3.8) is 0 Å². The second-order valence-electron chi connectivity index (χ2n) is 5.48. The lowest BCUT2D eigenvalue weighted by atomic mass is 10.2. The topological polar surface area (TPSA) is 92.6 Å². The average Bonchev–Trinajstić information content (AvgIpc) is 3.13. The highest BCUT2D eigenvalue weighted by Gasteiger charge is 2.11. The van der Waals surface area contributed by atoms with Gasteiger partial charge in [-0.25, -0.2) is 0 Å². The van der Waals surface area contributed by atoms with Crippen molar-refractivity contribution in [3.05, 3.63) is 52.6 Å². The Balaban J connectivity index is 1.67. The van der Waals surface area contributed by atoms with Crippen LogP contribution in [0.3, 0.4) is 0 Å². The van der Waals surface area contributed by atoms with Crippen molar-refractivity contribution in [1.82, 2.24) is 10.2 Å². The van der Waals surface area contributed by atoms with Gasteiger partial charge in [-0.1, -0.05) is 11.8 Å². The van der Waals surface area contributed by atoms with Gasteiger partial charge in [0.2, 0.25) is 11.3 Å². The van der Waals surface area contributed by atoms with Crippen LogP contribution in [0.4, 0.5) is 5.69 Å². The zero-order chi connectivity index (χ0) is 18.5. The molecule has 136 valence electrons. The van der Waals surface area contributed by atoms with E-state index in [9.17, 15) is 9.90 Å². The highest BCUT2D eigenvalue weighted by Crippen LogP contribution is 2.27. The summed E-state index contributed by atoms with van der Waals surface area (Å²) in [5.41, 5.74) is 1.51. The van der Waals surface area contributed by atoms with Crippen LogP contribution in [0.1, 0.15) is 19.6 Å². The number of nitrogens with zero attached hydrogens (tertiary/aromatic N) is 3. The monoisotopic (exact) mass is 373 g/mol. The Morgan fingerprint density at radius 3 is 2.54 bits per heavy atom. The summed E-state index contributed by atoms with van der Waals surface area (Å²) >= 11 is 1.26. The zero-order valence-corrected chi connectivity index (χ0v) is 15.3. The van der Waals surface area contributed by atoms with E-state index in [0.717, 1.165) is 30.6 Å². The van der Waals surface area contributed by atoms with Gasteiger partial charge in [-0.05, 0) is 38.1 Å². The van der Waals surface area contributed by atoms with E-state index in [1.807, 2.05) is 24.3 Å². The lowest BCUT2D eigenvalue weighted by Crippen LogP contribution is -2.21. The van der Waals surface area contributed by atoms with Gasteiger partial charge in [0.1, 0.15) is 12.0 Å². The molecule has 0 spiro atoms. The van der Waals surface area contributed by atoms with Crippen molar-refractivity contribution in [3.8, 4) is 17.2 Å². The fraction of sp³-hybridized carbons (Fsp3) is 0.278. The van der Waals surface area contributed by atoms with Gasteiger partial charge in [0.15, 0.2) is 5.75 Å². The highest BCUT2D eigenvalue weighted by atomic mass is 32.2. The van der Waals surface area contributed by atoms with E-state index in [1.165, 1.54) is 17.8 Å². The van der Waals surface area contributed by atoms with Gasteiger partial charge in [0, 0.05) is 30.4 Å². The van der Waals surface area contributed by atoms with Crippen molar-refractivity contribution in [2.45, 2.75) is 24.8 Å². The van der Waals surface area contributed by atoms with Gasteiger partial charge < -0.3 is 18.8 Å². The summed E-state index contributed by atoms with van der Waals surface area (Å²) in [6.07, 6.45) is 1.02. The third-order valence-corrected chi connectivity index (χ3v) is 4.69. The smallest absolute Gasteiger partial charge is 0.277 e. The fourth-order valence-electron chi connectivity index (χ4n) is 2.44. The number of aromatic nitrogens is 2. The highest BCUT2D eigenvalue weighted by molar-refractivity contribution is 7.98. The van der Waals surface area contributed by atoms with E-state index in [-0.39, 0.29) is 0 Å². The third-order valence-electron chi connectivity index (χ3n) is 3.85. The Hall–Kier alpha value is -2.74. The van der Waals surface area contributed by atoms with Gasteiger partial charge in [-0.3, -0.25) is 4.79 Å². The van der Waals surface area contributed by atoms with Crippen LogP contribution in [0.5, 0.6) is 5.75 Å². The van der Waals surface area contributed by atoms with Crippen molar-refractivity contribution >= 4 is 17.4 Å². The maximum absolute atomic E-state index is 11.4. The molecule has 1 N–H and O–H groups in total. The number of anilines is 1. The molecule has 0 saturated heterocycles. The van der Waals surface area contributed by atoms with Gasteiger partial charge >= 0.3 is 0 Å². The summed E-state index contributed by atoms with van der Waals surface area (Å²) in [5.74, 6) is 0.789. The molecule has 0 atom stereocenters. The molecule has 1 aromatic carbocycles. The fourth-order valence-corrected chi connectivity index (χ4v) is 3.09. The van der Waals surface area contributed by atoms with Crippen molar-refractivity contribution in [1.29, 1.82) is 0 Å². The average molecular weight is 373 g/mol. The van der Waals surface area contributed by atoms with E-state index >= 15 is 0 Å². The minimum atomic E-state index is -0.480. The zero-order valence-electron chi connectivity index (χ0n) is 14.5. The number of aromatic hydroxyl groups is 1. The van der Waals surface area contributed by atoms with Crippen molar-refractivity contribution in [2.24, 2.45) is 0 Å². The normalized spacial score (nSPS) is 10.8. The molecule has 0 amide bonds.